The van der Waals surface area contributed by atoms with Gasteiger partial charge >= 0.3 is 0 Å². The van der Waals surface area contributed by atoms with Crippen molar-refractivity contribution in [3.05, 3.63) is 34.6 Å². The van der Waals surface area contributed by atoms with Crippen LogP contribution in [0.1, 0.15) is 30.9 Å². The molecule has 2 unspecified atom stereocenters. The summed E-state index contributed by atoms with van der Waals surface area (Å²) in [4.78, 5) is 2.14. The summed E-state index contributed by atoms with van der Waals surface area (Å²) in [6.07, 6.45) is 3.17. The van der Waals surface area contributed by atoms with Crippen LogP contribution in [0.4, 0.5) is 4.39 Å². The van der Waals surface area contributed by atoms with Crippen molar-refractivity contribution < 1.29 is 4.39 Å². The van der Waals surface area contributed by atoms with Gasteiger partial charge in [0.25, 0.3) is 0 Å². The van der Waals surface area contributed by atoms with Crippen molar-refractivity contribution in [3.8, 4) is 0 Å². The lowest BCUT2D eigenvalue weighted by Gasteiger charge is -2.30. The summed E-state index contributed by atoms with van der Waals surface area (Å²) in [5.74, 6) is -0.258. The molecule has 2 N–H and O–H groups in total. The van der Waals surface area contributed by atoms with Crippen LogP contribution in [0.5, 0.6) is 0 Å². The van der Waals surface area contributed by atoms with E-state index < -0.39 is 0 Å². The van der Waals surface area contributed by atoms with Crippen LogP contribution < -0.4 is 5.73 Å². The van der Waals surface area contributed by atoms with Gasteiger partial charge in [-0.25, -0.2) is 4.39 Å². The van der Waals surface area contributed by atoms with E-state index in [-0.39, 0.29) is 17.9 Å². The number of hydrogen-bond donors (Lipinski definition) is 1. The molecule has 0 aromatic heterocycles. The monoisotopic (exact) mass is 256 g/mol. The minimum Gasteiger partial charge on any atom is -0.326 e. The molecule has 2 atom stereocenters. The lowest BCUT2D eigenvalue weighted by molar-refractivity contribution is 0.225. The molecular formula is C13H18ClFN2. The van der Waals surface area contributed by atoms with E-state index in [1.165, 1.54) is 6.07 Å². The number of halogens is 2. The summed E-state index contributed by atoms with van der Waals surface area (Å²) in [6, 6.07) is 4.78. The molecule has 1 saturated heterocycles. The van der Waals surface area contributed by atoms with Crippen LogP contribution in [0, 0.1) is 5.82 Å². The smallest absolute Gasteiger partial charge is 0.129 e. The molecule has 94 valence electrons. The number of nitrogens with zero attached hydrogens (tertiary/aromatic N) is 1. The summed E-state index contributed by atoms with van der Waals surface area (Å²) < 4.78 is 13.9. The summed E-state index contributed by atoms with van der Waals surface area (Å²) in [5.41, 5.74) is 6.83. The highest BCUT2D eigenvalue weighted by atomic mass is 35.5. The van der Waals surface area contributed by atoms with Crippen molar-refractivity contribution in [1.82, 2.24) is 4.90 Å². The van der Waals surface area contributed by atoms with E-state index in [1.807, 2.05) is 7.05 Å². The van der Waals surface area contributed by atoms with Gasteiger partial charge in [0.15, 0.2) is 0 Å². The average molecular weight is 257 g/mol. The number of hydrogen-bond acceptors (Lipinski definition) is 2. The van der Waals surface area contributed by atoms with Gasteiger partial charge in [0.05, 0.1) is 6.04 Å². The van der Waals surface area contributed by atoms with E-state index in [0.717, 1.165) is 25.8 Å². The highest BCUT2D eigenvalue weighted by Gasteiger charge is 2.28. The number of benzene rings is 1. The maximum atomic E-state index is 13.9. The molecule has 0 spiro atoms. The second-order valence-corrected chi connectivity index (χ2v) is 5.19. The first kappa shape index (κ1) is 12.8. The Morgan fingerprint density at radius 1 is 1.41 bits per heavy atom. The van der Waals surface area contributed by atoms with Gasteiger partial charge in [-0.1, -0.05) is 24.1 Å². The van der Waals surface area contributed by atoms with Crippen molar-refractivity contribution in [1.29, 1.82) is 0 Å². The van der Waals surface area contributed by atoms with Crippen molar-refractivity contribution in [2.75, 3.05) is 13.6 Å². The van der Waals surface area contributed by atoms with Gasteiger partial charge in [0.2, 0.25) is 0 Å². The Balaban J connectivity index is 2.34. The van der Waals surface area contributed by atoms with Crippen LogP contribution in [0.15, 0.2) is 18.2 Å². The maximum Gasteiger partial charge on any atom is 0.129 e. The molecule has 1 aromatic carbocycles. The Morgan fingerprint density at radius 2 is 2.18 bits per heavy atom. The Morgan fingerprint density at radius 3 is 2.88 bits per heavy atom. The predicted octanol–water partition coefficient (Wildman–Crippen LogP) is 2.96. The van der Waals surface area contributed by atoms with Gasteiger partial charge in [-0.05, 0) is 38.6 Å². The van der Waals surface area contributed by atoms with Crippen molar-refractivity contribution >= 4 is 11.6 Å². The second kappa shape index (κ2) is 5.34. The van der Waals surface area contributed by atoms with Gasteiger partial charge in [0, 0.05) is 16.6 Å². The molecule has 2 rings (SSSR count). The fourth-order valence-corrected chi connectivity index (χ4v) is 2.73. The molecule has 0 radical (unpaired) electrons. The van der Waals surface area contributed by atoms with Crippen LogP contribution in [0.25, 0.3) is 0 Å². The lowest BCUT2D eigenvalue weighted by atomic mass is 9.96. The molecule has 0 bridgehead atoms. The fourth-order valence-electron chi connectivity index (χ4n) is 2.57. The second-order valence-electron chi connectivity index (χ2n) is 4.75. The first-order valence-corrected chi connectivity index (χ1v) is 6.38. The lowest BCUT2D eigenvalue weighted by Crippen LogP contribution is -2.38. The van der Waals surface area contributed by atoms with Gasteiger partial charge in [-0.2, -0.15) is 0 Å². The molecule has 0 amide bonds. The van der Waals surface area contributed by atoms with Crippen LogP contribution in [-0.2, 0) is 0 Å². The summed E-state index contributed by atoms with van der Waals surface area (Å²) >= 11 is 5.78. The van der Waals surface area contributed by atoms with Crippen LogP contribution >= 0.6 is 11.6 Å². The number of likely N-dealkylation sites (N-methyl/N-ethyl adjacent to an activating group) is 1. The molecule has 4 heteroatoms. The third-order valence-corrected chi connectivity index (χ3v) is 3.69. The number of rotatable bonds is 1. The van der Waals surface area contributed by atoms with E-state index in [1.54, 1.807) is 12.1 Å². The minimum absolute atomic E-state index is 0.0156. The van der Waals surface area contributed by atoms with Gasteiger partial charge in [-0.15, -0.1) is 0 Å². The standard InChI is InChI=1S/C13H18ClFN2/c1-17-7-3-2-4-12(16)13(17)10-6-5-9(14)8-11(10)15/h5-6,8,12-13H,2-4,7,16H2,1H3. The zero-order chi connectivity index (χ0) is 12.4. The SMILES string of the molecule is CN1CCCCC(N)C1c1ccc(Cl)cc1F. The Bertz CT molecular complexity index is 385. The molecule has 17 heavy (non-hydrogen) atoms. The first-order chi connectivity index (χ1) is 8.09. The van der Waals surface area contributed by atoms with E-state index in [4.69, 9.17) is 17.3 Å². The van der Waals surface area contributed by atoms with Crippen LogP contribution in [-0.4, -0.2) is 24.5 Å². The molecule has 1 aliphatic rings. The highest BCUT2D eigenvalue weighted by molar-refractivity contribution is 6.30. The molecular weight excluding hydrogens is 239 g/mol. The highest BCUT2D eigenvalue weighted by Crippen LogP contribution is 2.30. The molecule has 1 heterocycles. The third-order valence-electron chi connectivity index (χ3n) is 3.46. The van der Waals surface area contributed by atoms with E-state index in [9.17, 15) is 4.39 Å². The largest absolute Gasteiger partial charge is 0.326 e. The van der Waals surface area contributed by atoms with Crippen LogP contribution in [0.3, 0.4) is 0 Å². The number of nitrogens with two attached hydrogens (primary N) is 1. The van der Waals surface area contributed by atoms with Gasteiger partial charge in [-0.3, -0.25) is 4.90 Å². The Labute approximate surface area is 107 Å². The predicted molar refractivity (Wildman–Crippen MR) is 68.6 cm³/mol. The average Bonchev–Trinajstić information content (AvgIpc) is 2.42. The Hall–Kier alpha value is -0.640. The third kappa shape index (κ3) is 2.79. The molecule has 1 fully saturated rings. The first-order valence-electron chi connectivity index (χ1n) is 6.00. The molecule has 1 aliphatic heterocycles. The van der Waals surface area contributed by atoms with E-state index in [0.29, 0.717) is 10.6 Å². The quantitative estimate of drug-likeness (QED) is 0.837. The van der Waals surface area contributed by atoms with E-state index >= 15 is 0 Å². The van der Waals surface area contributed by atoms with Crippen molar-refractivity contribution in [2.45, 2.75) is 31.3 Å². The summed E-state index contributed by atoms with van der Waals surface area (Å²) in [5, 5.41) is 0.427. The van der Waals surface area contributed by atoms with Crippen molar-refractivity contribution in [3.63, 3.8) is 0 Å². The Kier molecular flexibility index (Phi) is 4.02. The zero-order valence-corrected chi connectivity index (χ0v) is 10.8. The number of likely N-dealkylation sites (tertiary alicyclic amines) is 1. The topological polar surface area (TPSA) is 29.3 Å². The zero-order valence-electron chi connectivity index (χ0n) is 10.00. The summed E-state index contributed by atoms with van der Waals surface area (Å²) in [6.45, 7) is 0.959. The molecule has 2 nitrogen and oxygen atoms in total. The van der Waals surface area contributed by atoms with Gasteiger partial charge in [0.1, 0.15) is 5.82 Å². The summed E-state index contributed by atoms with van der Waals surface area (Å²) in [7, 11) is 2.00. The van der Waals surface area contributed by atoms with Crippen molar-refractivity contribution in [2.24, 2.45) is 5.73 Å². The normalized spacial score (nSPS) is 26.8. The van der Waals surface area contributed by atoms with Crippen LogP contribution in [0.2, 0.25) is 5.02 Å². The molecule has 0 saturated carbocycles. The maximum absolute atomic E-state index is 13.9. The minimum atomic E-state index is -0.258. The van der Waals surface area contributed by atoms with Gasteiger partial charge < -0.3 is 5.73 Å². The fraction of sp³-hybridized carbons (Fsp3) is 0.538. The molecule has 0 aliphatic carbocycles. The van der Waals surface area contributed by atoms with E-state index in [2.05, 4.69) is 4.90 Å². The molecule has 1 aromatic rings.